The fraction of sp³-hybridized carbons (Fsp3) is 1.00. The predicted molar refractivity (Wildman–Crippen MR) is 65.1 cm³/mol. The molecule has 0 unspecified atom stereocenters. The minimum atomic E-state index is 0.787. The lowest BCUT2D eigenvalue weighted by atomic mass is 9.84. The van der Waals surface area contributed by atoms with Crippen LogP contribution in [-0.4, -0.2) is 25.8 Å². The van der Waals surface area contributed by atoms with E-state index in [1.54, 1.807) is 0 Å². The number of hydrogen-bond acceptors (Lipinski definition) is 2. The van der Waals surface area contributed by atoms with Crippen LogP contribution in [0.3, 0.4) is 0 Å². The van der Waals surface area contributed by atoms with Crippen molar-refractivity contribution in [1.29, 1.82) is 0 Å². The van der Waals surface area contributed by atoms with Crippen LogP contribution in [0.2, 0.25) is 0 Å². The zero-order valence-electron chi connectivity index (χ0n) is 10.4. The predicted octanol–water partition coefficient (Wildman–Crippen LogP) is 2.97. The molecule has 1 aliphatic rings. The molecule has 1 aliphatic carbocycles. The second-order valence-corrected chi connectivity index (χ2v) is 4.63. The molecule has 2 nitrogen and oxygen atoms in total. The average molecular weight is 213 g/mol. The smallest absolute Gasteiger partial charge is 0.0477 e. The Labute approximate surface area is 94.8 Å². The van der Waals surface area contributed by atoms with Gasteiger partial charge in [0.25, 0.3) is 0 Å². The van der Waals surface area contributed by atoms with Crippen molar-refractivity contribution >= 4 is 0 Å². The van der Waals surface area contributed by atoms with Crippen molar-refractivity contribution in [2.75, 3.05) is 19.8 Å². The molecule has 0 bridgehead atoms. The summed E-state index contributed by atoms with van der Waals surface area (Å²) in [7, 11) is 0. The maximum atomic E-state index is 5.32. The van der Waals surface area contributed by atoms with Crippen molar-refractivity contribution in [3.8, 4) is 0 Å². The highest BCUT2D eigenvalue weighted by molar-refractivity contribution is 4.76. The van der Waals surface area contributed by atoms with Crippen LogP contribution in [-0.2, 0) is 4.74 Å². The highest BCUT2D eigenvalue weighted by atomic mass is 16.5. The minimum Gasteiger partial charge on any atom is -0.382 e. The zero-order chi connectivity index (χ0) is 10.9. The molecule has 0 heterocycles. The Hall–Kier alpha value is -0.0800. The highest BCUT2D eigenvalue weighted by Crippen LogP contribution is 2.26. The molecular weight excluding hydrogens is 186 g/mol. The van der Waals surface area contributed by atoms with Gasteiger partial charge in [-0.3, -0.25) is 0 Å². The first-order valence-corrected chi connectivity index (χ1v) is 6.68. The Kier molecular flexibility index (Phi) is 7.03. The lowest BCUT2D eigenvalue weighted by molar-refractivity contribution is 0.143. The molecule has 0 saturated heterocycles. The molecule has 15 heavy (non-hydrogen) atoms. The van der Waals surface area contributed by atoms with Crippen LogP contribution in [0.4, 0.5) is 0 Å². The second kappa shape index (κ2) is 8.12. The summed E-state index contributed by atoms with van der Waals surface area (Å²) in [5.41, 5.74) is 0. The van der Waals surface area contributed by atoms with Crippen LogP contribution in [0.5, 0.6) is 0 Å². The van der Waals surface area contributed by atoms with E-state index < -0.39 is 0 Å². The maximum Gasteiger partial charge on any atom is 0.0477 e. The van der Waals surface area contributed by atoms with E-state index in [0.717, 1.165) is 38.1 Å². The summed E-state index contributed by atoms with van der Waals surface area (Å²) in [6.45, 7) is 7.26. The van der Waals surface area contributed by atoms with Gasteiger partial charge in [-0.25, -0.2) is 0 Å². The summed E-state index contributed by atoms with van der Waals surface area (Å²) in [5.74, 6) is 1.01. The lowest BCUT2D eigenvalue weighted by Gasteiger charge is -2.28. The van der Waals surface area contributed by atoms with Gasteiger partial charge in [0.05, 0.1) is 0 Å². The molecule has 0 aromatic carbocycles. The number of ether oxygens (including phenoxy) is 1. The molecule has 1 fully saturated rings. The van der Waals surface area contributed by atoms with Crippen molar-refractivity contribution in [3.05, 3.63) is 0 Å². The molecule has 0 spiro atoms. The van der Waals surface area contributed by atoms with Gasteiger partial charge in [0, 0.05) is 19.3 Å². The van der Waals surface area contributed by atoms with Crippen LogP contribution >= 0.6 is 0 Å². The van der Waals surface area contributed by atoms with Gasteiger partial charge >= 0.3 is 0 Å². The van der Waals surface area contributed by atoms with E-state index in [9.17, 15) is 0 Å². The van der Waals surface area contributed by atoms with Crippen molar-refractivity contribution in [3.63, 3.8) is 0 Å². The lowest BCUT2D eigenvalue weighted by Crippen LogP contribution is -2.34. The molecule has 1 saturated carbocycles. The molecule has 0 aromatic heterocycles. The quantitative estimate of drug-likeness (QED) is 0.656. The molecule has 0 aliphatic heterocycles. The van der Waals surface area contributed by atoms with Crippen LogP contribution in [0.1, 0.15) is 52.4 Å². The Bertz CT molecular complexity index is 141. The van der Waals surface area contributed by atoms with Gasteiger partial charge in [-0.2, -0.15) is 0 Å². The monoisotopic (exact) mass is 213 g/mol. The average Bonchev–Trinajstić information content (AvgIpc) is 2.30. The van der Waals surface area contributed by atoms with E-state index >= 15 is 0 Å². The summed E-state index contributed by atoms with van der Waals surface area (Å²) in [4.78, 5) is 0. The van der Waals surface area contributed by atoms with Crippen LogP contribution in [0, 0.1) is 5.92 Å². The summed E-state index contributed by atoms with van der Waals surface area (Å²) < 4.78 is 5.32. The number of hydrogen-bond donors (Lipinski definition) is 1. The molecule has 0 amide bonds. The Morgan fingerprint density at radius 1 is 1.13 bits per heavy atom. The largest absolute Gasteiger partial charge is 0.382 e. The van der Waals surface area contributed by atoms with Gasteiger partial charge in [0.15, 0.2) is 0 Å². The molecule has 90 valence electrons. The molecule has 1 N–H and O–H groups in total. The molecular formula is C13H27NO. The third-order valence-electron chi connectivity index (χ3n) is 3.53. The van der Waals surface area contributed by atoms with Crippen LogP contribution < -0.4 is 5.32 Å². The number of nitrogens with one attached hydrogen (secondary N) is 1. The van der Waals surface area contributed by atoms with Gasteiger partial charge in [0.2, 0.25) is 0 Å². The fourth-order valence-electron chi connectivity index (χ4n) is 2.40. The van der Waals surface area contributed by atoms with E-state index in [1.165, 1.54) is 32.1 Å². The molecule has 1 rings (SSSR count). The van der Waals surface area contributed by atoms with E-state index in [-0.39, 0.29) is 0 Å². The first-order valence-electron chi connectivity index (χ1n) is 6.68. The van der Waals surface area contributed by atoms with Crippen LogP contribution in [0.25, 0.3) is 0 Å². The van der Waals surface area contributed by atoms with E-state index in [0.29, 0.717) is 0 Å². The Balaban J connectivity index is 1.94. The number of rotatable bonds is 7. The third kappa shape index (κ3) is 5.53. The van der Waals surface area contributed by atoms with Crippen molar-refractivity contribution < 1.29 is 4.74 Å². The topological polar surface area (TPSA) is 21.3 Å². The van der Waals surface area contributed by atoms with E-state index in [2.05, 4.69) is 19.2 Å². The fourth-order valence-corrected chi connectivity index (χ4v) is 2.40. The molecule has 0 radical (unpaired) electrons. The van der Waals surface area contributed by atoms with Crippen molar-refractivity contribution in [1.82, 2.24) is 5.32 Å². The second-order valence-electron chi connectivity index (χ2n) is 4.63. The third-order valence-corrected chi connectivity index (χ3v) is 3.53. The van der Waals surface area contributed by atoms with Gasteiger partial charge in [-0.1, -0.05) is 13.3 Å². The standard InChI is InChI=1S/C13H27NO/c1-3-12-6-8-13(9-7-12)14-10-5-11-15-4-2/h12-14H,3-11H2,1-2H3. The van der Waals surface area contributed by atoms with E-state index in [4.69, 9.17) is 4.74 Å². The molecule has 0 atom stereocenters. The summed E-state index contributed by atoms with van der Waals surface area (Å²) >= 11 is 0. The van der Waals surface area contributed by atoms with E-state index in [1.807, 2.05) is 0 Å². The highest BCUT2D eigenvalue weighted by Gasteiger charge is 2.18. The maximum absolute atomic E-state index is 5.32. The Morgan fingerprint density at radius 2 is 1.87 bits per heavy atom. The van der Waals surface area contributed by atoms with Gasteiger partial charge in [-0.15, -0.1) is 0 Å². The summed E-state index contributed by atoms with van der Waals surface area (Å²) in [6, 6.07) is 0.787. The van der Waals surface area contributed by atoms with Crippen LogP contribution in [0.15, 0.2) is 0 Å². The van der Waals surface area contributed by atoms with Crippen molar-refractivity contribution in [2.24, 2.45) is 5.92 Å². The van der Waals surface area contributed by atoms with Gasteiger partial charge in [0.1, 0.15) is 0 Å². The first kappa shape index (κ1) is 13.0. The van der Waals surface area contributed by atoms with Gasteiger partial charge in [-0.05, 0) is 51.5 Å². The molecule has 2 heteroatoms. The molecule has 0 aromatic rings. The van der Waals surface area contributed by atoms with Crippen molar-refractivity contribution in [2.45, 2.75) is 58.4 Å². The zero-order valence-corrected chi connectivity index (χ0v) is 10.4. The first-order chi connectivity index (χ1) is 7.36. The summed E-state index contributed by atoms with van der Waals surface area (Å²) in [5, 5.41) is 3.65. The Morgan fingerprint density at radius 3 is 2.47 bits per heavy atom. The normalized spacial score (nSPS) is 26.8. The van der Waals surface area contributed by atoms with Gasteiger partial charge < -0.3 is 10.1 Å². The summed E-state index contributed by atoms with van der Waals surface area (Å²) in [6.07, 6.45) is 8.15. The SMILES string of the molecule is CCOCCCNC1CCC(CC)CC1. The minimum absolute atomic E-state index is 0.787.